The fourth-order valence-electron chi connectivity index (χ4n) is 4.15. The molecule has 2 N–H and O–H groups in total. The van der Waals surface area contributed by atoms with Gasteiger partial charge in [0, 0.05) is 41.3 Å². The number of hydrogen-bond acceptors (Lipinski definition) is 5. The number of hydrogen-bond donors (Lipinski definition) is 2. The lowest BCUT2D eigenvalue weighted by atomic mass is 9.87. The predicted molar refractivity (Wildman–Crippen MR) is 115 cm³/mol. The fourth-order valence-corrected chi connectivity index (χ4v) is 4.41. The normalized spacial score (nSPS) is 22.1. The van der Waals surface area contributed by atoms with Crippen molar-refractivity contribution in [3.63, 3.8) is 0 Å². The van der Waals surface area contributed by atoms with Crippen LogP contribution in [0.25, 0.3) is 0 Å². The first-order valence-corrected chi connectivity index (χ1v) is 10.5. The first-order valence-electron chi connectivity index (χ1n) is 9.66. The monoisotopic (exact) mass is 443 g/mol. The highest BCUT2D eigenvalue weighted by molar-refractivity contribution is 9.10. The van der Waals surface area contributed by atoms with Gasteiger partial charge in [-0.3, -0.25) is 10.3 Å². The van der Waals surface area contributed by atoms with Crippen LogP contribution in [0.4, 0.5) is 0 Å². The summed E-state index contributed by atoms with van der Waals surface area (Å²) in [6, 6.07) is 14.0. The lowest BCUT2D eigenvalue weighted by Crippen LogP contribution is -2.55. The maximum Gasteiger partial charge on any atom is 0.162 e. The van der Waals surface area contributed by atoms with Gasteiger partial charge in [0.05, 0.1) is 7.11 Å². The molecule has 2 aromatic rings. The van der Waals surface area contributed by atoms with Crippen LogP contribution in [-0.2, 0) is 0 Å². The minimum Gasteiger partial charge on any atom is -0.504 e. The molecule has 2 heterocycles. The van der Waals surface area contributed by atoms with Crippen molar-refractivity contribution < 1.29 is 9.84 Å². The van der Waals surface area contributed by atoms with E-state index in [1.54, 1.807) is 13.2 Å². The number of piperidine rings is 1. The Morgan fingerprint density at radius 3 is 2.57 bits per heavy atom. The molecule has 148 valence electrons. The summed E-state index contributed by atoms with van der Waals surface area (Å²) in [7, 11) is 3.74. The highest BCUT2D eigenvalue weighted by Gasteiger charge is 2.40. The summed E-state index contributed by atoms with van der Waals surface area (Å²) in [6.07, 6.45) is 2.62. The van der Waals surface area contributed by atoms with Gasteiger partial charge in [-0.2, -0.15) is 0 Å². The van der Waals surface area contributed by atoms with Crippen LogP contribution >= 0.6 is 15.9 Å². The number of phenolic OH excluding ortho intramolecular Hbond substituents is 1. The average molecular weight is 444 g/mol. The SMILES string of the molecule is COc1cccc(C2CC(c3ccc(Br)cc3)=NC3(CCN(C)CC3)N2)c1O. The number of benzene rings is 2. The molecule has 0 aromatic heterocycles. The zero-order valence-electron chi connectivity index (χ0n) is 16.3. The van der Waals surface area contributed by atoms with E-state index in [1.807, 2.05) is 12.1 Å². The lowest BCUT2D eigenvalue weighted by molar-refractivity contribution is 0.144. The van der Waals surface area contributed by atoms with Gasteiger partial charge in [-0.1, -0.05) is 40.2 Å². The summed E-state index contributed by atoms with van der Waals surface area (Å²) in [4.78, 5) is 7.55. The standard InChI is InChI=1S/C22H26BrN3O2/c1-26-12-10-22(11-13-26)24-18(15-6-8-16(23)9-7-15)14-19(25-22)17-4-3-5-20(28-2)21(17)27/h3-9,19,25,27H,10-14H2,1-2H3. The number of aromatic hydroxyl groups is 1. The Hall–Kier alpha value is -1.89. The molecule has 1 atom stereocenters. The van der Waals surface area contributed by atoms with E-state index in [4.69, 9.17) is 9.73 Å². The first kappa shape index (κ1) is 19.4. The molecular weight excluding hydrogens is 418 g/mol. The average Bonchev–Trinajstić information content (AvgIpc) is 2.71. The van der Waals surface area contributed by atoms with Crippen molar-refractivity contribution in [1.82, 2.24) is 10.2 Å². The van der Waals surface area contributed by atoms with E-state index in [0.717, 1.165) is 53.7 Å². The number of phenols is 1. The van der Waals surface area contributed by atoms with Gasteiger partial charge >= 0.3 is 0 Å². The Morgan fingerprint density at radius 1 is 1.18 bits per heavy atom. The summed E-state index contributed by atoms with van der Waals surface area (Å²) in [5.74, 6) is 0.715. The molecule has 5 nitrogen and oxygen atoms in total. The van der Waals surface area contributed by atoms with E-state index in [9.17, 15) is 5.11 Å². The second kappa shape index (κ2) is 7.85. The molecule has 1 unspecified atom stereocenters. The minimum atomic E-state index is -0.298. The second-order valence-corrected chi connectivity index (χ2v) is 8.62. The molecule has 0 bridgehead atoms. The summed E-state index contributed by atoms with van der Waals surface area (Å²) >= 11 is 3.52. The molecule has 2 aliphatic heterocycles. The van der Waals surface area contributed by atoms with Crippen LogP contribution < -0.4 is 10.1 Å². The lowest BCUT2D eigenvalue weighted by Gasteiger charge is -2.44. The molecule has 4 rings (SSSR count). The number of likely N-dealkylation sites (tertiary alicyclic amines) is 1. The van der Waals surface area contributed by atoms with Gasteiger partial charge in [-0.15, -0.1) is 0 Å². The van der Waals surface area contributed by atoms with Crippen molar-refractivity contribution in [1.29, 1.82) is 0 Å². The van der Waals surface area contributed by atoms with Crippen molar-refractivity contribution in [3.05, 3.63) is 58.1 Å². The van der Waals surface area contributed by atoms with E-state index in [1.165, 1.54) is 0 Å². The topological polar surface area (TPSA) is 57.1 Å². The van der Waals surface area contributed by atoms with Crippen molar-refractivity contribution in [2.45, 2.75) is 31.0 Å². The van der Waals surface area contributed by atoms with Crippen LogP contribution in [-0.4, -0.2) is 48.6 Å². The highest BCUT2D eigenvalue weighted by Crippen LogP contribution is 2.40. The fraction of sp³-hybridized carbons (Fsp3) is 0.409. The maximum absolute atomic E-state index is 10.7. The number of rotatable bonds is 3. The molecule has 28 heavy (non-hydrogen) atoms. The number of nitrogens with one attached hydrogen (secondary N) is 1. The van der Waals surface area contributed by atoms with Crippen LogP contribution in [0.2, 0.25) is 0 Å². The summed E-state index contributed by atoms with van der Waals surface area (Å²) < 4.78 is 6.39. The quantitative estimate of drug-likeness (QED) is 0.749. The van der Waals surface area contributed by atoms with Crippen molar-refractivity contribution >= 4 is 21.6 Å². The van der Waals surface area contributed by atoms with E-state index in [0.29, 0.717) is 5.75 Å². The molecule has 0 aliphatic carbocycles. The summed E-state index contributed by atoms with van der Waals surface area (Å²) in [6.45, 7) is 2.00. The predicted octanol–water partition coefficient (Wildman–Crippen LogP) is 4.11. The molecule has 0 amide bonds. The third-order valence-corrected chi connectivity index (χ3v) is 6.34. The number of nitrogens with zero attached hydrogens (tertiary/aromatic N) is 2. The third kappa shape index (κ3) is 3.81. The van der Waals surface area contributed by atoms with E-state index in [2.05, 4.69) is 57.5 Å². The van der Waals surface area contributed by atoms with Crippen LogP contribution in [0.5, 0.6) is 11.5 Å². The number of halogens is 1. The Morgan fingerprint density at radius 2 is 1.89 bits per heavy atom. The van der Waals surface area contributed by atoms with Gasteiger partial charge in [-0.05, 0) is 43.7 Å². The Kier molecular flexibility index (Phi) is 5.45. The molecule has 2 aliphatic rings. The Bertz CT molecular complexity index is 874. The molecule has 1 spiro atoms. The third-order valence-electron chi connectivity index (χ3n) is 5.81. The smallest absolute Gasteiger partial charge is 0.162 e. The molecular formula is C22H26BrN3O2. The number of methoxy groups -OCH3 is 1. The van der Waals surface area contributed by atoms with Crippen molar-refractivity contribution in [2.75, 3.05) is 27.2 Å². The van der Waals surface area contributed by atoms with E-state index < -0.39 is 0 Å². The second-order valence-electron chi connectivity index (χ2n) is 7.70. The van der Waals surface area contributed by atoms with Gasteiger partial charge in [0.1, 0.15) is 5.66 Å². The van der Waals surface area contributed by atoms with E-state index >= 15 is 0 Å². The maximum atomic E-state index is 10.7. The number of ether oxygens (including phenoxy) is 1. The summed E-state index contributed by atoms with van der Waals surface area (Å²) in [5.41, 5.74) is 2.79. The van der Waals surface area contributed by atoms with Crippen LogP contribution in [0.3, 0.4) is 0 Å². The highest BCUT2D eigenvalue weighted by atomic mass is 79.9. The molecule has 0 saturated carbocycles. The van der Waals surface area contributed by atoms with Gasteiger partial charge in [0.25, 0.3) is 0 Å². The Balaban J connectivity index is 1.74. The largest absolute Gasteiger partial charge is 0.504 e. The van der Waals surface area contributed by atoms with Crippen LogP contribution in [0, 0.1) is 0 Å². The van der Waals surface area contributed by atoms with Crippen LogP contribution in [0.1, 0.15) is 36.4 Å². The van der Waals surface area contributed by atoms with E-state index in [-0.39, 0.29) is 17.5 Å². The summed E-state index contributed by atoms with van der Waals surface area (Å²) in [5, 5.41) is 14.5. The van der Waals surface area contributed by atoms with Crippen molar-refractivity contribution in [2.24, 2.45) is 4.99 Å². The van der Waals surface area contributed by atoms with Gasteiger partial charge in [0.15, 0.2) is 11.5 Å². The minimum absolute atomic E-state index is 0.0188. The van der Waals surface area contributed by atoms with Crippen molar-refractivity contribution in [3.8, 4) is 11.5 Å². The molecule has 2 aromatic carbocycles. The zero-order valence-corrected chi connectivity index (χ0v) is 17.9. The molecule has 1 saturated heterocycles. The van der Waals surface area contributed by atoms with Gasteiger partial charge < -0.3 is 14.7 Å². The molecule has 1 fully saturated rings. The molecule has 6 heteroatoms. The van der Waals surface area contributed by atoms with Gasteiger partial charge in [-0.25, -0.2) is 0 Å². The Labute approximate surface area is 174 Å². The van der Waals surface area contributed by atoms with Crippen LogP contribution in [0.15, 0.2) is 51.9 Å². The first-order chi connectivity index (χ1) is 13.5. The number of aliphatic imine (C=N–C) groups is 1. The molecule has 0 radical (unpaired) electrons. The van der Waals surface area contributed by atoms with Gasteiger partial charge in [0.2, 0.25) is 0 Å². The zero-order chi connectivity index (χ0) is 19.7. The number of para-hydroxylation sites is 1.